The van der Waals surface area contributed by atoms with Crippen molar-refractivity contribution in [1.29, 1.82) is 0 Å². The molecule has 0 aliphatic heterocycles. The van der Waals surface area contributed by atoms with E-state index >= 15 is 0 Å². The van der Waals surface area contributed by atoms with E-state index < -0.39 is 0 Å². The van der Waals surface area contributed by atoms with Crippen LogP contribution < -0.4 is 4.80 Å². The molecule has 6 heteroatoms. The Kier molecular flexibility index (Phi) is 6.64. The summed E-state index contributed by atoms with van der Waals surface area (Å²) in [6.45, 7) is 8.70. The summed E-state index contributed by atoms with van der Waals surface area (Å²) in [5.74, 6) is 0.382. The highest BCUT2D eigenvalue weighted by atomic mass is 32.1. The van der Waals surface area contributed by atoms with Crippen molar-refractivity contribution in [2.45, 2.75) is 52.5 Å². The standard InChI is InChI=1S/C23H27N3O2S/c1-5-9-17(4)25-22(18-10-8-11-19(14-18)26(27)28)15-29-23(25)24-21-13-7-6-12-20(21)16(2)3/h6-8,10-17H,5,9H2,1-4H3. The number of non-ortho nitro benzene ring substituents is 1. The van der Waals surface area contributed by atoms with Gasteiger partial charge >= 0.3 is 0 Å². The minimum absolute atomic E-state index is 0.104. The van der Waals surface area contributed by atoms with Gasteiger partial charge in [0.1, 0.15) is 0 Å². The van der Waals surface area contributed by atoms with Crippen LogP contribution in [0.15, 0.2) is 58.9 Å². The molecule has 152 valence electrons. The van der Waals surface area contributed by atoms with Crippen molar-refractivity contribution in [3.8, 4) is 11.3 Å². The van der Waals surface area contributed by atoms with Gasteiger partial charge in [0.25, 0.3) is 5.69 Å². The molecule has 0 aliphatic rings. The number of benzene rings is 2. The van der Waals surface area contributed by atoms with Crippen LogP contribution in [0, 0.1) is 10.1 Å². The van der Waals surface area contributed by atoms with Crippen LogP contribution >= 0.6 is 11.3 Å². The van der Waals surface area contributed by atoms with Gasteiger partial charge in [0.2, 0.25) is 0 Å². The second-order valence-electron chi connectivity index (χ2n) is 7.54. The van der Waals surface area contributed by atoms with E-state index in [0.29, 0.717) is 5.92 Å². The predicted octanol–water partition coefficient (Wildman–Crippen LogP) is 6.84. The average Bonchev–Trinajstić information content (AvgIpc) is 3.12. The fraction of sp³-hybridized carbons (Fsp3) is 0.348. The van der Waals surface area contributed by atoms with Gasteiger partial charge in [0.15, 0.2) is 4.80 Å². The van der Waals surface area contributed by atoms with Gasteiger partial charge < -0.3 is 4.57 Å². The zero-order chi connectivity index (χ0) is 21.0. The van der Waals surface area contributed by atoms with E-state index in [2.05, 4.69) is 49.8 Å². The molecule has 0 N–H and O–H groups in total. The van der Waals surface area contributed by atoms with Crippen molar-refractivity contribution < 1.29 is 4.92 Å². The lowest BCUT2D eigenvalue weighted by Crippen LogP contribution is -2.20. The SMILES string of the molecule is CCCC(C)n1c(-c2cccc([N+](=O)[O-])c2)csc1=Nc1ccccc1C(C)C. The van der Waals surface area contributed by atoms with Crippen LogP contribution in [-0.2, 0) is 0 Å². The van der Waals surface area contributed by atoms with Crippen molar-refractivity contribution >= 4 is 22.7 Å². The number of nitrogens with zero attached hydrogens (tertiary/aromatic N) is 3. The summed E-state index contributed by atoms with van der Waals surface area (Å²) in [6.07, 6.45) is 2.07. The Morgan fingerprint density at radius 2 is 1.90 bits per heavy atom. The molecule has 0 saturated heterocycles. The minimum atomic E-state index is -0.347. The molecule has 3 rings (SSSR count). The number of nitro benzene ring substituents is 1. The lowest BCUT2D eigenvalue weighted by molar-refractivity contribution is -0.384. The van der Waals surface area contributed by atoms with Crippen molar-refractivity contribution in [3.05, 3.63) is 74.4 Å². The molecule has 0 amide bonds. The molecule has 3 aromatic rings. The quantitative estimate of drug-likeness (QED) is 0.317. The first-order valence-electron chi connectivity index (χ1n) is 10.0. The predicted molar refractivity (Wildman–Crippen MR) is 120 cm³/mol. The molecule has 1 heterocycles. The van der Waals surface area contributed by atoms with Crippen molar-refractivity contribution in [2.75, 3.05) is 0 Å². The van der Waals surface area contributed by atoms with E-state index in [4.69, 9.17) is 4.99 Å². The molecule has 1 unspecified atom stereocenters. The molecule has 0 fully saturated rings. The first-order valence-corrected chi connectivity index (χ1v) is 10.9. The molecule has 2 aromatic carbocycles. The van der Waals surface area contributed by atoms with E-state index in [9.17, 15) is 10.1 Å². The van der Waals surface area contributed by atoms with Crippen LogP contribution in [0.4, 0.5) is 11.4 Å². The zero-order valence-electron chi connectivity index (χ0n) is 17.3. The van der Waals surface area contributed by atoms with Gasteiger partial charge in [-0.3, -0.25) is 10.1 Å². The highest BCUT2D eigenvalue weighted by Gasteiger charge is 2.16. The second kappa shape index (κ2) is 9.18. The smallest absolute Gasteiger partial charge is 0.270 e. The number of hydrogen-bond acceptors (Lipinski definition) is 4. The summed E-state index contributed by atoms with van der Waals surface area (Å²) in [7, 11) is 0. The van der Waals surface area contributed by atoms with E-state index in [1.54, 1.807) is 23.5 Å². The van der Waals surface area contributed by atoms with Crippen molar-refractivity contribution in [1.82, 2.24) is 4.57 Å². The van der Waals surface area contributed by atoms with E-state index in [0.717, 1.165) is 34.6 Å². The van der Waals surface area contributed by atoms with Crippen LogP contribution in [0.3, 0.4) is 0 Å². The molecule has 0 saturated carbocycles. The molecule has 1 atom stereocenters. The summed E-state index contributed by atoms with van der Waals surface area (Å²) >= 11 is 1.58. The molecule has 0 aliphatic carbocycles. The van der Waals surface area contributed by atoms with Crippen LogP contribution in [-0.4, -0.2) is 9.49 Å². The molecule has 1 aromatic heterocycles. The topological polar surface area (TPSA) is 60.4 Å². The zero-order valence-corrected chi connectivity index (χ0v) is 18.1. The monoisotopic (exact) mass is 409 g/mol. The number of nitro groups is 1. The van der Waals surface area contributed by atoms with Gasteiger partial charge in [-0.2, -0.15) is 0 Å². The Balaban J connectivity index is 2.20. The third kappa shape index (κ3) is 4.65. The minimum Gasteiger partial charge on any atom is -0.314 e. The number of thiazole rings is 1. The van der Waals surface area contributed by atoms with Gasteiger partial charge in [-0.15, -0.1) is 11.3 Å². The summed E-state index contributed by atoms with van der Waals surface area (Å²) < 4.78 is 2.23. The fourth-order valence-electron chi connectivity index (χ4n) is 3.54. The first kappa shape index (κ1) is 21.0. The van der Waals surface area contributed by atoms with Gasteiger partial charge in [0.05, 0.1) is 16.3 Å². The molecule has 0 bridgehead atoms. The Hall–Kier alpha value is -2.73. The van der Waals surface area contributed by atoms with E-state index in [1.165, 1.54) is 11.6 Å². The average molecular weight is 410 g/mol. The van der Waals surface area contributed by atoms with Crippen LogP contribution in [0.1, 0.15) is 58.1 Å². The summed E-state index contributed by atoms with van der Waals surface area (Å²) in [6, 6.07) is 15.3. The Morgan fingerprint density at radius 3 is 2.59 bits per heavy atom. The maximum atomic E-state index is 11.2. The van der Waals surface area contributed by atoms with Crippen LogP contribution in [0.5, 0.6) is 0 Å². The van der Waals surface area contributed by atoms with Crippen LogP contribution in [0.25, 0.3) is 11.3 Å². The first-order chi connectivity index (χ1) is 13.9. The Bertz CT molecular complexity index is 1070. The Morgan fingerprint density at radius 1 is 1.14 bits per heavy atom. The molecular weight excluding hydrogens is 382 g/mol. The molecule has 0 spiro atoms. The molecule has 0 radical (unpaired) electrons. The highest BCUT2D eigenvalue weighted by molar-refractivity contribution is 7.07. The van der Waals surface area contributed by atoms with Crippen LogP contribution in [0.2, 0.25) is 0 Å². The lowest BCUT2D eigenvalue weighted by Gasteiger charge is -2.17. The van der Waals surface area contributed by atoms with Crippen molar-refractivity contribution in [3.63, 3.8) is 0 Å². The molecule has 5 nitrogen and oxygen atoms in total. The highest BCUT2D eigenvalue weighted by Crippen LogP contribution is 2.30. The number of rotatable bonds is 7. The van der Waals surface area contributed by atoms with E-state index in [-0.39, 0.29) is 16.7 Å². The maximum absolute atomic E-state index is 11.2. The number of hydrogen-bond donors (Lipinski definition) is 0. The van der Waals surface area contributed by atoms with Gasteiger partial charge in [-0.05, 0) is 30.9 Å². The van der Waals surface area contributed by atoms with Crippen molar-refractivity contribution in [2.24, 2.45) is 4.99 Å². The maximum Gasteiger partial charge on any atom is 0.270 e. The number of para-hydroxylation sites is 1. The summed E-state index contributed by atoms with van der Waals surface area (Å²) in [4.78, 5) is 16.8. The molecular formula is C23H27N3O2S. The van der Waals surface area contributed by atoms with E-state index in [1.807, 2.05) is 18.2 Å². The summed E-state index contributed by atoms with van der Waals surface area (Å²) in [5, 5.41) is 13.3. The normalized spacial score (nSPS) is 13.1. The number of aromatic nitrogens is 1. The fourth-order valence-corrected chi connectivity index (χ4v) is 4.55. The third-order valence-electron chi connectivity index (χ3n) is 5.02. The molecule has 29 heavy (non-hydrogen) atoms. The Labute approximate surface area is 175 Å². The largest absolute Gasteiger partial charge is 0.314 e. The lowest BCUT2D eigenvalue weighted by atomic mass is 10.0. The second-order valence-corrected chi connectivity index (χ2v) is 8.38. The third-order valence-corrected chi connectivity index (χ3v) is 5.86. The van der Waals surface area contributed by atoms with Gasteiger partial charge in [0, 0.05) is 29.1 Å². The van der Waals surface area contributed by atoms with Gasteiger partial charge in [-0.25, -0.2) is 4.99 Å². The summed E-state index contributed by atoms with van der Waals surface area (Å²) in [5.41, 5.74) is 4.12. The van der Waals surface area contributed by atoms with Gasteiger partial charge in [-0.1, -0.05) is 57.5 Å².